The maximum atomic E-state index is 13.6. The first-order valence-corrected chi connectivity index (χ1v) is 12.9. The molecule has 1 amide bonds. The molecule has 0 saturated carbocycles. The van der Waals surface area contributed by atoms with Gasteiger partial charge in [-0.3, -0.25) is 9.59 Å². The van der Waals surface area contributed by atoms with Gasteiger partial charge in [-0.2, -0.15) is 0 Å². The number of Topliss-reactive ketones (excluding diaryl/α,β-unsaturated/α-hetero) is 1. The molecule has 1 aliphatic rings. The van der Waals surface area contributed by atoms with Crippen LogP contribution in [0.3, 0.4) is 0 Å². The van der Waals surface area contributed by atoms with Crippen molar-refractivity contribution in [1.29, 1.82) is 0 Å². The van der Waals surface area contributed by atoms with Crippen molar-refractivity contribution in [3.8, 4) is 0 Å². The molecule has 1 unspecified atom stereocenters. The number of aryl methyl sites for hydroxylation is 1. The molecule has 1 atom stereocenters. The first-order chi connectivity index (χ1) is 17.2. The lowest BCUT2D eigenvalue weighted by Gasteiger charge is -2.36. The monoisotopic (exact) mass is 557 g/mol. The summed E-state index contributed by atoms with van der Waals surface area (Å²) in [5, 5.41) is 1.65. The first kappa shape index (κ1) is 26.5. The van der Waals surface area contributed by atoms with Crippen molar-refractivity contribution in [2.24, 2.45) is 0 Å². The van der Waals surface area contributed by atoms with E-state index in [0.717, 1.165) is 16.7 Å². The number of hydrogen-bond acceptors (Lipinski definition) is 2. The largest absolute Gasteiger partial charge is 0.331 e. The summed E-state index contributed by atoms with van der Waals surface area (Å²) in [5.41, 5.74) is 3.54. The van der Waals surface area contributed by atoms with Gasteiger partial charge in [-0.1, -0.05) is 88.9 Å². The summed E-state index contributed by atoms with van der Waals surface area (Å²) in [6.07, 6.45) is 4.49. The predicted octanol–water partition coefficient (Wildman–Crippen LogP) is 8.20. The quantitative estimate of drug-likeness (QED) is 0.296. The maximum absolute atomic E-state index is 13.6. The Morgan fingerprint density at radius 3 is 2.03 bits per heavy atom. The molecule has 0 radical (unpaired) electrons. The van der Waals surface area contributed by atoms with E-state index in [1.165, 1.54) is 0 Å². The highest BCUT2D eigenvalue weighted by Gasteiger charge is 2.34. The number of carbonyl (C=O) groups is 2. The van der Waals surface area contributed by atoms with Crippen LogP contribution in [0, 0.1) is 0 Å². The van der Waals surface area contributed by atoms with Gasteiger partial charge in [0.05, 0.1) is 32.7 Å². The fourth-order valence-corrected chi connectivity index (χ4v) is 4.77. The van der Waals surface area contributed by atoms with Crippen molar-refractivity contribution in [1.82, 2.24) is 4.90 Å². The fraction of sp³-hybridized carbons (Fsp3) is 0.172. The molecule has 0 N–H and O–H groups in total. The molecular formula is C29H23Cl4NO2. The molecule has 36 heavy (non-hydrogen) atoms. The molecule has 3 aromatic carbocycles. The van der Waals surface area contributed by atoms with Gasteiger partial charge >= 0.3 is 0 Å². The Morgan fingerprint density at radius 1 is 0.861 bits per heavy atom. The lowest BCUT2D eigenvalue weighted by Crippen LogP contribution is -2.47. The molecule has 0 aliphatic carbocycles. The average molecular weight is 559 g/mol. The molecule has 1 fully saturated rings. The van der Waals surface area contributed by atoms with Gasteiger partial charge < -0.3 is 4.90 Å². The summed E-state index contributed by atoms with van der Waals surface area (Å²) in [7, 11) is 0. The molecule has 7 heteroatoms. The van der Waals surface area contributed by atoms with Crippen LogP contribution in [0.4, 0.5) is 0 Å². The summed E-state index contributed by atoms with van der Waals surface area (Å²) in [6.45, 7) is 2.07. The van der Waals surface area contributed by atoms with E-state index >= 15 is 0 Å². The van der Waals surface area contributed by atoms with Crippen LogP contribution in [0.5, 0.6) is 0 Å². The molecule has 4 rings (SSSR count). The Balaban J connectivity index is 1.69. The Morgan fingerprint density at radius 2 is 1.44 bits per heavy atom. The van der Waals surface area contributed by atoms with Crippen LogP contribution >= 0.6 is 46.4 Å². The molecule has 1 heterocycles. The minimum Gasteiger partial charge on any atom is -0.331 e. The van der Waals surface area contributed by atoms with Crippen LogP contribution in [-0.4, -0.2) is 29.2 Å². The molecular weight excluding hydrogens is 536 g/mol. The number of ketones is 1. The van der Waals surface area contributed by atoms with Gasteiger partial charge in [0.15, 0.2) is 5.78 Å². The summed E-state index contributed by atoms with van der Waals surface area (Å²) in [5.74, 6) is -0.161. The lowest BCUT2D eigenvalue weighted by molar-refractivity contribution is -0.133. The van der Waals surface area contributed by atoms with E-state index < -0.39 is 6.04 Å². The standard InChI is InChI=1S/C29H23Cl4NO2/c1-18-23(14-21-8-11-25(31)27(33)16-21)29(36)22(13-20-7-10-24(30)26(32)15-20)17-34(18)28(35)12-9-19-5-3-2-4-6-19/h2-8,10-11,13-16,18H,9,12,17H2,1H3/b22-13+,23-14+. The molecule has 3 nitrogen and oxygen atoms in total. The number of rotatable bonds is 5. The highest BCUT2D eigenvalue weighted by molar-refractivity contribution is 6.42. The van der Waals surface area contributed by atoms with Crippen LogP contribution in [-0.2, 0) is 16.0 Å². The molecule has 3 aromatic rings. The minimum atomic E-state index is -0.416. The van der Waals surface area contributed by atoms with Gasteiger partial charge in [0, 0.05) is 17.6 Å². The van der Waals surface area contributed by atoms with E-state index in [0.29, 0.717) is 44.1 Å². The van der Waals surface area contributed by atoms with Gasteiger partial charge in [-0.05, 0) is 66.5 Å². The number of piperidine rings is 1. The minimum absolute atomic E-state index is 0.0288. The third-order valence-corrected chi connectivity index (χ3v) is 7.63. The zero-order valence-corrected chi connectivity index (χ0v) is 22.5. The number of hydrogen-bond donors (Lipinski definition) is 0. The predicted molar refractivity (Wildman–Crippen MR) is 150 cm³/mol. The number of amides is 1. The zero-order valence-electron chi connectivity index (χ0n) is 19.5. The van der Waals surface area contributed by atoms with Crippen molar-refractivity contribution in [2.45, 2.75) is 25.8 Å². The van der Waals surface area contributed by atoms with E-state index in [1.54, 1.807) is 53.5 Å². The molecule has 1 saturated heterocycles. The van der Waals surface area contributed by atoms with E-state index in [9.17, 15) is 9.59 Å². The van der Waals surface area contributed by atoms with Gasteiger partial charge in [0.25, 0.3) is 0 Å². The molecule has 0 bridgehead atoms. The van der Waals surface area contributed by atoms with Crippen molar-refractivity contribution in [3.63, 3.8) is 0 Å². The van der Waals surface area contributed by atoms with Crippen LogP contribution < -0.4 is 0 Å². The Labute approximate surface area is 230 Å². The second-order valence-corrected chi connectivity index (χ2v) is 10.3. The van der Waals surface area contributed by atoms with Crippen molar-refractivity contribution in [3.05, 3.63) is 115 Å². The van der Waals surface area contributed by atoms with Crippen molar-refractivity contribution >= 4 is 70.2 Å². The third kappa shape index (κ3) is 6.22. The van der Waals surface area contributed by atoms with Gasteiger partial charge in [0.2, 0.25) is 5.91 Å². The van der Waals surface area contributed by atoms with Crippen molar-refractivity contribution < 1.29 is 9.59 Å². The molecule has 0 spiro atoms. The summed E-state index contributed by atoms with van der Waals surface area (Å²) in [4.78, 5) is 28.7. The lowest BCUT2D eigenvalue weighted by atomic mass is 9.88. The molecule has 1 aliphatic heterocycles. The second-order valence-electron chi connectivity index (χ2n) is 8.63. The van der Waals surface area contributed by atoms with Crippen LogP contribution in [0.2, 0.25) is 20.1 Å². The normalized spacial score (nSPS) is 18.2. The van der Waals surface area contributed by atoms with Gasteiger partial charge in [0.1, 0.15) is 0 Å². The highest BCUT2D eigenvalue weighted by Crippen LogP contribution is 2.31. The number of likely N-dealkylation sites (tertiary alicyclic amines) is 1. The summed E-state index contributed by atoms with van der Waals surface area (Å²) >= 11 is 24.5. The van der Waals surface area contributed by atoms with E-state index in [4.69, 9.17) is 46.4 Å². The summed E-state index contributed by atoms with van der Waals surface area (Å²) in [6, 6.07) is 19.8. The third-order valence-electron chi connectivity index (χ3n) is 6.15. The number of carbonyl (C=O) groups excluding carboxylic acids is 2. The Bertz CT molecular complexity index is 1360. The highest BCUT2D eigenvalue weighted by atomic mass is 35.5. The fourth-order valence-electron chi connectivity index (χ4n) is 4.16. The smallest absolute Gasteiger partial charge is 0.223 e. The average Bonchev–Trinajstić information content (AvgIpc) is 2.87. The number of nitrogens with zero attached hydrogens (tertiary/aromatic N) is 1. The second kappa shape index (κ2) is 11.7. The number of benzene rings is 3. The Hall–Kier alpha value is -2.56. The van der Waals surface area contributed by atoms with E-state index in [-0.39, 0.29) is 18.2 Å². The van der Waals surface area contributed by atoms with Crippen LogP contribution in [0.1, 0.15) is 30.0 Å². The van der Waals surface area contributed by atoms with E-state index in [2.05, 4.69) is 0 Å². The van der Waals surface area contributed by atoms with Crippen LogP contribution in [0.25, 0.3) is 12.2 Å². The molecule has 0 aromatic heterocycles. The zero-order chi connectivity index (χ0) is 25.8. The summed E-state index contributed by atoms with van der Waals surface area (Å²) < 4.78 is 0. The Kier molecular flexibility index (Phi) is 8.58. The van der Waals surface area contributed by atoms with Gasteiger partial charge in [-0.15, -0.1) is 0 Å². The maximum Gasteiger partial charge on any atom is 0.223 e. The van der Waals surface area contributed by atoms with E-state index in [1.807, 2.05) is 37.3 Å². The number of halogens is 4. The van der Waals surface area contributed by atoms with Gasteiger partial charge in [-0.25, -0.2) is 0 Å². The van der Waals surface area contributed by atoms with Crippen LogP contribution in [0.15, 0.2) is 77.9 Å². The SMILES string of the molecule is CC1/C(=C\c2ccc(Cl)c(Cl)c2)C(=O)/C(=C/c2ccc(Cl)c(Cl)c2)CN1C(=O)CCc1ccccc1. The first-order valence-electron chi connectivity index (χ1n) is 11.4. The molecule has 184 valence electrons. The topological polar surface area (TPSA) is 37.4 Å². The van der Waals surface area contributed by atoms with Crippen molar-refractivity contribution in [2.75, 3.05) is 6.54 Å².